The SMILES string of the molecule is BrC1CCCCCCC(Br)C2CCC1O2. The highest BCUT2D eigenvalue weighted by atomic mass is 79.9. The highest BCUT2D eigenvalue weighted by molar-refractivity contribution is 9.09. The minimum absolute atomic E-state index is 0.466. The van der Waals surface area contributed by atoms with Gasteiger partial charge in [-0.15, -0.1) is 0 Å². The van der Waals surface area contributed by atoms with Crippen LogP contribution in [-0.4, -0.2) is 21.9 Å². The Hall–Kier alpha value is 0.920. The molecule has 0 aliphatic carbocycles. The van der Waals surface area contributed by atoms with Crippen molar-refractivity contribution in [2.75, 3.05) is 0 Å². The molecule has 3 heteroatoms. The van der Waals surface area contributed by atoms with Gasteiger partial charge in [0.2, 0.25) is 0 Å². The average Bonchev–Trinajstić information content (AvgIpc) is 2.69. The Balaban J connectivity index is 1.94. The molecule has 1 nitrogen and oxygen atoms in total. The molecule has 0 saturated carbocycles. The molecule has 0 aromatic carbocycles. The maximum Gasteiger partial charge on any atom is 0.0705 e. The van der Waals surface area contributed by atoms with Crippen LogP contribution in [0.25, 0.3) is 0 Å². The quantitative estimate of drug-likeness (QED) is 0.594. The molecular weight excluding hydrogens is 320 g/mol. The summed E-state index contributed by atoms with van der Waals surface area (Å²) in [6.45, 7) is 0. The second-order valence-electron chi connectivity index (χ2n) is 4.81. The largest absolute Gasteiger partial charge is 0.373 e. The summed E-state index contributed by atoms with van der Waals surface area (Å²) < 4.78 is 6.12. The smallest absolute Gasteiger partial charge is 0.0705 e. The zero-order valence-corrected chi connectivity index (χ0v) is 12.3. The molecule has 2 aliphatic heterocycles. The van der Waals surface area contributed by atoms with E-state index in [1.807, 2.05) is 0 Å². The summed E-state index contributed by atoms with van der Waals surface area (Å²) in [7, 11) is 0. The first-order valence-electron chi connectivity index (χ1n) is 6.21. The number of ether oxygens (including phenoxy) is 1. The van der Waals surface area contributed by atoms with Gasteiger partial charge in [-0.25, -0.2) is 0 Å². The third kappa shape index (κ3) is 3.44. The molecule has 0 spiro atoms. The van der Waals surface area contributed by atoms with Crippen molar-refractivity contribution in [3.63, 3.8) is 0 Å². The predicted molar refractivity (Wildman–Crippen MR) is 71.0 cm³/mol. The molecule has 0 aromatic rings. The van der Waals surface area contributed by atoms with E-state index in [0.717, 1.165) is 0 Å². The molecule has 0 N–H and O–H groups in total. The maximum absolute atomic E-state index is 6.12. The molecule has 2 saturated heterocycles. The van der Waals surface area contributed by atoms with Crippen LogP contribution in [0.2, 0.25) is 0 Å². The highest BCUT2D eigenvalue weighted by Gasteiger charge is 2.33. The van der Waals surface area contributed by atoms with E-state index >= 15 is 0 Å². The zero-order valence-electron chi connectivity index (χ0n) is 9.13. The average molecular weight is 340 g/mol. The van der Waals surface area contributed by atoms with E-state index in [1.54, 1.807) is 0 Å². The van der Waals surface area contributed by atoms with Gasteiger partial charge in [0, 0.05) is 9.65 Å². The van der Waals surface area contributed by atoms with E-state index in [4.69, 9.17) is 4.74 Å². The summed E-state index contributed by atoms with van der Waals surface area (Å²) in [6, 6.07) is 0. The Kier molecular flexibility index (Phi) is 4.97. The monoisotopic (exact) mass is 338 g/mol. The summed E-state index contributed by atoms with van der Waals surface area (Å²) in [6.07, 6.45) is 11.5. The van der Waals surface area contributed by atoms with Crippen molar-refractivity contribution in [2.45, 2.75) is 73.2 Å². The van der Waals surface area contributed by atoms with Crippen LogP contribution in [0.3, 0.4) is 0 Å². The summed E-state index contributed by atoms with van der Waals surface area (Å²) in [5.74, 6) is 0. The first-order valence-corrected chi connectivity index (χ1v) is 8.04. The second kappa shape index (κ2) is 6.02. The highest BCUT2D eigenvalue weighted by Crippen LogP contribution is 2.34. The Morgan fingerprint density at radius 2 is 1.13 bits per heavy atom. The van der Waals surface area contributed by atoms with Crippen molar-refractivity contribution in [3.8, 4) is 0 Å². The van der Waals surface area contributed by atoms with Crippen molar-refractivity contribution in [1.82, 2.24) is 0 Å². The minimum atomic E-state index is 0.466. The molecule has 0 radical (unpaired) electrons. The molecule has 15 heavy (non-hydrogen) atoms. The second-order valence-corrected chi connectivity index (χ2v) is 7.17. The number of alkyl halides is 2. The molecular formula is C12H20Br2O. The summed E-state index contributed by atoms with van der Waals surface area (Å²) >= 11 is 7.58. The Labute approximate surface area is 110 Å². The Morgan fingerprint density at radius 1 is 0.667 bits per heavy atom. The first kappa shape index (κ1) is 12.4. The molecule has 0 aromatic heterocycles. The van der Waals surface area contributed by atoms with Crippen molar-refractivity contribution < 1.29 is 4.74 Å². The van der Waals surface area contributed by atoms with Gasteiger partial charge in [0.15, 0.2) is 0 Å². The van der Waals surface area contributed by atoms with Crippen LogP contribution in [0.5, 0.6) is 0 Å². The van der Waals surface area contributed by atoms with Gasteiger partial charge >= 0.3 is 0 Å². The molecule has 2 fully saturated rings. The molecule has 4 atom stereocenters. The third-order valence-corrected chi connectivity index (χ3v) is 5.70. The van der Waals surface area contributed by atoms with Crippen LogP contribution < -0.4 is 0 Å². The van der Waals surface area contributed by atoms with Crippen LogP contribution in [0.15, 0.2) is 0 Å². The van der Waals surface area contributed by atoms with Crippen LogP contribution in [0.4, 0.5) is 0 Å². The van der Waals surface area contributed by atoms with Crippen LogP contribution in [0.1, 0.15) is 51.4 Å². The van der Waals surface area contributed by atoms with Crippen LogP contribution in [-0.2, 0) is 4.74 Å². The van der Waals surface area contributed by atoms with Gasteiger partial charge in [0.25, 0.3) is 0 Å². The van der Waals surface area contributed by atoms with Gasteiger partial charge in [0.05, 0.1) is 12.2 Å². The third-order valence-electron chi connectivity index (χ3n) is 3.60. The number of rotatable bonds is 0. The topological polar surface area (TPSA) is 9.23 Å². The minimum Gasteiger partial charge on any atom is -0.373 e. The molecule has 88 valence electrons. The number of hydrogen-bond acceptors (Lipinski definition) is 1. The maximum atomic E-state index is 6.12. The lowest BCUT2D eigenvalue weighted by Crippen LogP contribution is -2.25. The van der Waals surface area contributed by atoms with E-state index in [2.05, 4.69) is 31.9 Å². The van der Waals surface area contributed by atoms with Crippen LogP contribution >= 0.6 is 31.9 Å². The first-order chi connectivity index (χ1) is 7.27. The fourth-order valence-corrected chi connectivity index (χ4v) is 4.05. The predicted octanol–water partition coefficient (Wildman–Crippen LogP) is 4.42. The number of hydrogen-bond donors (Lipinski definition) is 0. The van der Waals surface area contributed by atoms with Crippen molar-refractivity contribution in [2.24, 2.45) is 0 Å². The van der Waals surface area contributed by atoms with E-state index in [9.17, 15) is 0 Å². The lowest BCUT2D eigenvalue weighted by Gasteiger charge is -2.20. The van der Waals surface area contributed by atoms with E-state index in [-0.39, 0.29) is 0 Å². The van der Waals surface area contributed by atoms with E-state index in [0.29, 0.717) is 21.9 Å². The summed E-state index contributed by atoms with van der Waals surface area (Å²) in [5.41, 5.74) is 0. The lowest BCUT2D eigenvalue weighted by atomic mass is 10.0. The fourth-order valence-electron chi connectivity index (χ4n) is 2.63. The van der Waals surface area contributed by atoms with Crippen molar-refractivity contribution >= 4 is 31.9 Å². The summed E-state index contributed by atoms with van der Waals surface area (Å²) in [5, 5.41) is 0. The van der Waals surface area contributed by atoms with Gasteiger partial charge in [0.1, 0.15) is 0 Å². The molecule has 2 heterocycles. The lowest BCUT2D eigenvalue weighted by molar-refractivity contribution is 0.0432. The van der Waals surface area contributed by atoms with Gasteiger partial charge in [-0.1, -0.05) is 57.5 Å². The van der Waals surface area contributed by atoms with Gasteiger partial charge in [-0.2, -0.15) is 0 Å². The number of halogens is 2. The van der Waals surface area contributed by atoms with Crippen molar-refractivity contribution in [1.29, 1.82) is 0 Å². The molecule has 2 aliphatic rings. The van der Waals surface area contributed by atoms with Crippen molar-refractivity contribution in [3.05, 3.63) is 0 Å². The van der Waals surface area contributed by atoms with Gasteiger partial charge in [-0.3, -0.25) is 0 Å². The fraction of sp³-hybridized carbons (Fsp3) is 1.00. The molecule has 2 bridgehead atoms. The number of fused-ring (bicyclic) bond motifs is 2. The Morgan fingerprint density at radius 3 is 1.60 bits per heavy atom. The van der Waals surface area contributed by atoms with E-state index in [1.165, 1.54) is 51.4 Å². The standard InChI is InChI=1S/C12H20Br2O/c13-9-5-3-1-2-4-6-10(14)12-8-7-11(9)15-12/h9-12H,1-8H2. The van der Waals surface area contributed by atoms with E-state index < -0.39 is 0 Å². The van der Waals surface area contributed by atoms with Crippen LogP contribution in [0, 0.1) is 0 Å². The molecule has 4 unspecified atom stereocenters. The molecule has 0 amide bonds. The molecule has 2 rings (SSSR count). The van der Waals surface area contributed by atoms with Gasteiger partial charge < -0.3 is 4.74 Å². The summed E-state index contributed by atoms with van der Waals surface area (Å²) in [4.78, 5) is 1.17. The zero-order chi connectivity index (χ0) is 10.7. The normalized spacial score (nSPS) is 43.6. The van der Waals surface area contributed by atoms with Gasteiger partial charge in [-0.05, 0) is 25.7 Å². The Bertz CT molecular complexity index is 178.